The van der Waals surface area contributed by atoms with E-state index in [4.69, 9.17) is 22.1 Å². The van der Waals surface area contributed by atoms with Gasteiger partial charge in [-0.25, -0.2) is 0 Å². The number of hydrogen-bond donors (Lipinski definition) is 0. The van der Waals surface area contributed by atoms with Crippen molar-refractivity contribution >= 4 is 57.3 Å². The highest BCUT2D eigenvalue weighted by Gasteiger charge is 2.36. The molecule has 9 heteroatoms. The fourth-order valence-electron chi connectivity index (χ4n) is 4.37. The van der Waals surface area contributed by atoms with Crippen molar-refractivity contribution in [1.29, 1.82) is 0 Å². The SMILES string of the molecule is CC(=O)Oc1cccc(N2C(=O)/C(=C/N3N=C(c4ccccc4)CC3c3ccc(N(C)C)cc3)SC2=S)c1. The third kappa shape index (κ3) is 5.34. The molecule has 0 N–H and O–H groups in total. The number of nitrogens with zero attached hydrogens (tertiary/aromatic N) is 4. The van der Waals surface area contributed by atoms with Gasteiger partial charge in [0.1, 0.15) is 5.75 Å². The van der Waals surface area contributed by atoms with Crippen molar-refractivity contribution < 1.29 is 14.3 Å². The number of benzene rings is 3. The van der Waals surface area contributed by atoms with Crippen LogP contribution in [0.5, 0.6) is 5.75 Å². The van der Waals surface area contributed by atoms with Crippen LogP contribution in [0.25, 0.3) is 0 Å². The average molecular weight is 543 g/mol. The van der Waals surface area contributed by atoms with Gasteiger partial charge in [-0.3, -0.25) is 19.5 Å². The van der Waals surface area contributed by atoms with E-state index in [1.165, 1.54) is 23.6 Å². The Hall–Kier alpha value is -3.95. The predicted octanol–water partition coefficient (Wildman–Crippen LogP) is 5.74. The van der Waals surface area contributed by atoms with Gasteiger partial charge in [0.05, 0.1) is 22.3 Å². The molecule has 0 aliphatic carbocycles. The van der Waals surface area contributed by atoms with Crippen molar-refractivity contribution in [3.05, 3.63) is 101 Å². The highest BCUT2D eigenvalue weighted by molar-refractivity contribution is 8.27. The van der Waals surface area contributed by atoms with Crippen LogP contribution in [0.2, 0.25) is 0 Å². The first-order valence-corrected chi connectivity index (χ1v) is 13.3. The van der Waals surface area contributed by atoms with Crippen LogP contribution in [-0.4, -0.2) is 41.0 Å². The molecule has 0 aromatic heterocycles. The Bertz CT molecular complexity index is 1450. The van der Waals surface area contributed by atoms with E-state index < -0.39 is 5.97 Å². The van der Waals surface area contributed by atoms with Crippen molar-refractivity contribution in [3.8, 4) is 5.75 Å². The van der Waals surface area contributed by atoms with Gasteiger partial charge in [-0.05, 0) is 35.4 Å². The molecule has 1 amide bonds. The predicted molar refractivity (Wildman–Crippen MR) is 156 cm³/mol. The van der Waals surface area contributed by atoms with Gasteiger partial charge in [-0.2, -0.15) is 5.10 Å². The second-order valence-corrected chi connectivity index (χ2v) is 10.8. The summed E-state index contributed by atoms with van der Waals surface area (Å²) in [5, 5.41) is 6.79. The summed E-state index contributed by atoms with van der Waals surface area (Å²) in [7, 11) is 4.02. The van der Waals surface area contributed by atoms with Gasteiger partial charge < -0.3 is 9.64 Å². The van der Waals surface area contributed by atoms with E-state index in [1.54, 1.807) is 30.5 Å². The molecule has 38 heavy (non-hydrogen) atoms. The Balaban J connectivity index is 1.47. The van der Waals surface area contributed by atoms with E-state index in [-0.39, 0.29) is 11.9 Å². The Morgan fingerprint density at radius 1 is 1.08 bits per heavy atom. The van der Waals surface area contributed by atoms with Gasteiger partial charge in [0.2, 0.25) is 0 Å². The van der Waals surface area contributed by atoms with Crippen molar-refractivity contribution in [2.24, 2.45) is 5.10 Å². The number of carbonyl (C=O) groups is 2. The monoisotopic (exact) mass is 542 g/mol. The molecular formula is C29H26N4O3S2. The van der Waals surface area contributed by atoms with E-state index >= 15 is 0 Å². The smallest absolute Gasteiger partial charge is 0.308 e. The van der Waals surface area contributed by atoms with Crippen LogP contribution >= 0.6 is 24.0 Å². The second kappa shape index (κ2) is 10.8. The number of ether oxygens (including phenoxy) is 1. The molecule has 5 rings (SSSR count). The van der Waals surface area contributed by atoms with E-state index in [9.17, 15) is 9.59 Å². The first-order chi connectivity index (χ1) is 18.3. The fourth-order valence-corrected chi connectivity index (χ4v) is 5.63. The standard InChI is InChI=1S/C29H26N4O3S2/c1-19(34)36-24-11-7-10-23(16-24)33-28(35)27(38-29(33)37)18-32-26(21-12-14-22(15-13-21)31(2)3)17-25(30-32)20-8-5-4-6-9-20/h4-16,18,26H,17H2,1-3H3/b27-18-. The van der Waals surface area contributed by atoms with Crippen LogP contribution < -0.4 is 14.5 Å². The van der Waals surface area contributed by atoms with Gasteiger partial charge in [0, 0.05) is 45.4 Å². The topological polar surface area (TPSA) is 65.5 Å². The Morgan fingerprint density at radius 2 is 1.82 bits per heavy atom. The zero-order valence-electron chi connectivity index (χ0n) is 21.2. The second-order valence-electron chi connectivity index (χ2n) is 9.09. The molecule has 0 saturated carbocycles. The number of esters is 1. The van der Waals surface area contributed by atoms with E-state index in [0.29, 0.717) is 27.1 Å². The lowest BCUT2D eigenvalue weighted by atomic mass is 9.98. The lowest BCUT2D eigenvalue weighted by Crippen LogP contribution is -2.28. The summed E-state index contributed by atoms with van der Waals surface area (Å²) in [6, 6.07) is 25.2. The van der Waals surface area contributed by atoms with Crippen LogP contribution in [0.1, 0.15) is 30.5 Å². The number of thiocarbonyl (C=S) groups is 1. The maximum Gasteiger partial charge on any atom is 0.308 e. The summed E-state index contributed by atoms with van der Waals surface area (Å²) in [4.78, 5) is 28.9. The molecule has 1 unspecified atom stereocenters. The van der Waals surface area contributed by atoms with Crippen LogP contribution in [0.15, 0.2) is 95.1 Å². The quantitative estimate of drug-likeness (QED) is 0.170. The summed E-state index contributed by atoms with van der Waals surface area (Å²) in [6.07, 6.45) is 2.49. The molecule has 192 valence electrons. The lowest BCUT2D eigenvalue weighted by molar-refractivity contribution is -0.131. The molecular weight excluding hydrogens is 516 g/mol. The van der Waals surface area contributed by atoms with Crippen LogP contribution in [0.3, 0.4) is 0 Å². The molecule has 0 radical (unpaired) electrons. The van der Waals surface area contributed by atoms with Crippen molar-refractivity contribution in [2.75, 3.05) is 23.9 Å². The number of rotatable bonds is 6. The molecule has 1 fully saturated rings. The maximum atomic E-state index is 13.5. The van der Waals surface area contributed by atoms with Crippen molar-refractivity contribution in [2.45, 2.75) is 19.4 Å². The summed E-state index contributed by atoms with van der Waals surface area (Å²) in [6.45, 7) is 1.33. The Labute approximate surface area is 231 Å². The highest BCUT2D eigenvalue weighted by Crippen LogP contribution is 2.39. The molecule has 2 aliphatic heterocycles. The lowest BCUT2D eigenvalue weighted by Gasteiger charge is -2.22. The van der Waals surface area contributed by atoms with Crippen LogP contribution in [-0.2, 0) is 9.59 Å². The molecule has 1 atom stereocenters. The van der Waals surface area contributed by atoms with Gasteiger partial charge >= 0.3 is 5.97 Å². The van der Waals surface area contributed by atoms with E-state index in [1.807, 2.05) is 49.4 Å². The minimum absolute atomic E-state index is 0.0720. The molecule has 3 aromatic rings. The third-order valence-electron chi connectivity index (χ3n) is 6.22. The minimum Gasteiger partial charge on any atom is -0.427 e. The molecule has 2 aliphatic rings. The fraction of sp³-hybridized carbons (Fsp3) is 0.172. The number of thioether (sulfide) groups is 1. The summed E-state index contributed by atoms with van der Waals surface area (Å²) >= 11 is 6.80. The summed E-state index contributed by atoms with van der Waals surface area (Å²) in [5.41, 5.74) is 4.76. The van der Waals surface area contributed by atoms with E-state index in [0.717, 1.165) is 22.5 Å². The largest absolute Gasteiger partial charge is 0.427 e. The average Bonchev–Trinajstić information content (AvgIpc) is 3.44. The van der Waals surface area contributed by atoms with Crippen molar-refractivity contribution in [3.63, 3.8) is 0 Å². The molecule has 1 saturated heterocycles. The zero-order chi connectivity index (χ0) is 26.8. The van der Waals surface area contributed by atoms with Crippen LogP contribution in [0, 0.1) is 0 Å². The normalized spacial score (nSPS) is 18.2. The molecule has 2 heterocycles. The minimum atomic E-state index is -0.432. The molecule has 0 spiro atoms. The number of amides is 1. The summed E-state index contributed by atoms with van der Waals surface area (Å²) in [5.74, 6) is -0.325. The van der Waals surface area contributed by atoms with E-state index in [2.05, 4.69) is 29.2 Å². The number of carbonyl (C=O) groups excluding carboxylic acids is 2. The van der Waals surface area contributed by atoms with Gasteiger partial charge in [-0.1, -0.05) is 72.5 Å². The Morgan fingerprint density at radius 3 is 2.50 bits per heavy atom. The zero-order valence-corrected chi connectivity index (χ0v) is 22.8. The van der Waals surface area contributed by atoms with Gasteiger partial charge in [0.15, 0.2) is 4.32 Å². The molecule has 7 nitrogen and oxygen atoms in total. The van der Waals surface area contributed by atoms with Gasteiger partial charge in [0.25, 0.3) is 5.91 Å². The number of anilines is 2. The maximum absolute atomic E-state index is 13.5. The Kier molecular flexibility index (Phi) is 7.31. The third-order valence-corrected chi connectivity index (χ3v) is 7.51. The number of hydrazone groups is 1. The van der Waals surface area contributed by atoms with Crippen LogP contribution in [0.4, 0.5) is 11.4 Å². The highest BCUT2D eigenvalue weighted by atomic mass is 32.2. The molecule has 0 bridgehead atoms. The van der Waals surface area contributed by atoms with Gasteiger partial charge in [-0.15, -0.1) is 0 Å². The number of hydrogen-bond acceptors (Lipinski definition) is 8. The first-order valence-electron chi connectivity index (χ1n) is 12.1. The molecule has 3 aromatic carbocycles. The van der Waals surface area contributed by atoms with Crippen molar-refractivity contribution in [1.82, 2.24) is 5.01 Å². The summed E-state index contributed by atoms with van der Waals surface area (Å²) < 4.78 is 5.59. The first kappa shape index (κ1) is 25.7.